The Morgan fingerprint density at radius 2 is 1.83 bits per heavy atom. The first-order valence-corrected chi connectivity index (χ1v) is 9.12. The van der Waals surface area contributed by atoms with E-state index in [0.717, 1.165) is 20.7 Å². The van der Waals surface area contributed by atoms with Crippen LogP contribution < -0.4 is 11.2 Å². The zero-order valence-corrected chi connectivity index (χ0v) is 15.4. The van der Waals surface area contributed by atoms with E-state index in [4.69, 9.17) is 24.8 Å². The largest absolute Gasteiger partial charge is 0.494 e. The Labute approximate surface area is 146 Å². The molecule has 2 aliphatic rings. The SMILES string of the molecule is CC1(C)OB(c2ccc3sc(C4(CN)COC4)nc3c2)OC1(C)C. The lowest BCUT2D eigenvalue weighted by Gasteiger charge is -2.38. The molecule has 2 aromatic rings. The van der Waals surface area contributed by atoms with Crippen LogP contribution in [-0.4, -0.2) is 43.1 Å². The molecule has 2 saturated heterocycles. The van der Waals surface area contributed by atoms with Crippen LogP contribution in [0.2, 0.25) is 0 Å². The lowest BCUT2D eigenvalue weighted by Crippen LogP contribution is -2.52. The lowest BCUT2D eigenvalue weighted by molar-refractivity contribution is -0.0550. The van der Waals surface area contributed by atoms with Gasteiger partial charge in [-0.3, -0.25) is 0 Å². The van der Waals surface area contributed by atoms with Crippen molar-refractivity contribution in [3.05, 3.63) is 23.2 Å². The summed E-state index contributed by atoms with van der Waals surface area (Å²) in [5, 5.41) is 1.07. The van der Waals surface area contributed by atoms with Crippen LogP contribution in [-0.2, 0) is 19.5 Å². The zero-order chi connectivity index (χ0) is 17.2. The molecule has 0 atom stereocenters. The van der Waals surface area contributed by atoms with E-state index in [0.29, 0.717) is 19.8 Å². The smallest absolute Gasteiger partial charge is 0.399 e. The number of nitrogens with two attached hydrogens (primary N) is 1. The molecular formula is C17H23BN2O3S. The minimum atomic E-state index is -0.361. The van der Waals surface area contributed by atoms with E-state index in [1.807, 2.05) is 0 Å². The molecule has 5 nitrogen and oxygen atoms in total. The van der Waals surface area contributed by atoms with Gasteiger partial charge < -0.3 is 19.8 Å². The summed E-state index contributed by atoms with van der Waals surface area (Å²) in [6.07, 6.45) is 0. The van der Waals surface area contributed by atoms with Crippen molar-refractivity contribution in [2.75, 3.05) is 19.8 Å². The first-order valence-electron chi connectivity index (χ1n) is 8.31. The van der Waals surface area contributed by atoms with Crippen molar-refractivity contribution in [2.24, 2.45) is 5.73 Å². The van der Waals surface area contributed by atoms with Crippen LogP contribution in [0.1, 0.15) is 32.7 Å². The Bertz CT molecular complexity index is 764. The quantitative estimate of drug-likeness (QED) is 0.859. The molecule has 0 bridgehead atoms. The third-order valence-electron chi connectivity index (χ3n) is 5.54. The summed E-state index contributed by atoms with van der Waals surface area (Å²) in [4.78, 5) is 4.83. The number of nitrogens with zero attached hydrogens (tertiary/aromatic N) is 1. The molecule has 7 heteroatoms. The third-order valence-corrected chi connectivity index (χ3v) is 6.82. The molecule has 0 unspecified atom stereocenters. The first-order chi connectivity index (χ1) is 11.3. The predicted octanol–water partition coefficient (Wildman–Crippen LogP) is 1.82. The molecule has 0 spiro atoms. The van der Waals surface area contributed by atoms with Gasteiger partial charge in [0.25, 0.3) is 0 Å². The Hall–Kier alpha value is -0.985. The molecule has 0 amide bonds. The minimum absolute atomic E-state index is 0.103. The Kier molecular flexibility index (Phi) is 3.61. The summed E-state index contributed by atoms with van der Waals surface area (Å²) < 4.78 is 18.8. The second kappa shape index (κ2) is 5.25. The Balaban J connectivity index is 1.67. The maximum absolute atomic E-state index is 6.14. The van der Waals surface area contributed by atoms with Crippen LogP contribution in [0.4, 0.5) is 0 Å². The molecule has 128 valence electrons. The summed E-state index contributed by atoms with van der Waals surface area (Å²) in [7, 11) is -0.361. The van der Waals surface area contributed by atoms with Gasteiger partial charge in [0.1, 0.15) is 5.01 Å². The maximum atomic E-state index is 6.14. The highest BCUT2D eigenvalue weighted by molar-refractivity contribution is 7.18. The van der Waals surface area contributed by atoms with Gasteiger partial charge in [-0.15, -0.1) is 11.3 Å². The highest BCUT2D eigenvalue weighted by Gasteiger charge is 2.51. The van der Waals surface area contributed by atoms with Crippen LogP contribution in [0.15, 0.2) is 18.2 Å². The number of hydrogen-bond donors (Lipinski definition) is 1. The van der Waals surface area contributed by atoms with Crippen molar-refractivity contribution in [3.8, 4) is 0 Å². The zero-order valence-electron chi connectivity index (χ0n) is 14.6. The van der Waals surface area contributed by atoms with Gasteiger partial charge in [0.15, 0.2) is 0 Å². The van der Waals surface area contributed by atoms with Crippen LogP contribution >= 0.6 is 11.3 Å². The van der Waals surface area contributed by atoms with Crippen molar-refractivity contribution in [1.29, 1.82) is 0 Å². The molecule has 2 N–H and O–H groups in total. The fourth-order valence-corrected chi connectivity index (χ4v) is 4.09. The summed E-state index contributed by atoms with van der Waals surface area (Å²) >= 11 is 1.70. The van der Waals surface area contributed by atoms with Gasteiger partial charge in [0, 0.05) is 6.54 Å². The second-order valence-electron chi connectivity index (χ2n) is 7.81. The average Bonchev–Trinajstić information content (AvgIpc) is 2.96. The molecule has 0 aliphatic carbocycles. The summed E-state index contributed by atoms with van der Waals surface area (Å²) in [6, 6.07) is 6.24. The fraction of sp³-hybridized carbons (Fsp3) is 0.588. The molecule has 3 heterocycles. The number of ether oxygens (including phenoxy) is 1. The van der Waals surface area contributed by atoms with Gasteiger partial charge in [-0.2, -0.15) is 0 Å². The number of rotatable bonds is 3. The van der Waals surface area contributed by atoms with E-state index in [1.165, 1.54) is 0 Å². The topological polar surface area (TPSA) is 66.6 Å². The van der Waals surface area contributed by atoms with Gasteiger partial charge >= 0.3 is 7.12 Å². The van der Waals surface area contributed by atoms with Crippen molar-refractivity contribution < 1.29 is 14.0 Å². The third kappa shape index (κ3) is 2.34. The fourth-order valence-electron chi connectivity index (χ4n) is 2.97. The average molecular weight is 346 g/mol. The standard InChI is InChI=1S/C17H23BN2O3S/c1-15(2)16(3,4)23-18(22-15)11-5-6-13-12(7-11)20-14(24-13)17(8-19)9-21-10-17/h5-7H,8-10,19H2,1-4H3. The van der Waals surface area contributed by atoms with E-state index < -0.39 is 0 Å². The van der Waals surface area contributed by atoms with Gasteiger partial charge in [-0.05, 0) is 45.3 Å². The van der Waals surface area contributed by atoms with E-state index in [9.17, 15) is 0 Å². The number of thiazole rings is 1. The van der Waals surface area contributed by atoms with Gasteiger partial charge in [0.05, 0.1) is 40.0 Å². The highest BCUT2D eigenvalue weighted by Crippen LogP contribution is 2.38. The van der Waals surface area contributed by atoms with E-state index in [1.54, 1.807) is 11.3 Å². The maximum Gasteiger partial charge on any atom is 0.494 e. The van der Waals surface area contributed by atoms with Crippen molar-refractivity contribution >= 4 is 34.1 Å². The first kappa shape index (κ1) is 16.5. The molecule has 2 fully saturated rings. The monoisotopic (exact) mass is 346 g/mol. The molecule has 0 radical (unpaired) electrons. The molecule has 24 heavy (non-hydrogen) atoms. The number of fused-ring (bicyclic) bond motifs is 1. The van der Waals surface area contributed by atoms with Crippen molar-refractivity contribution in [2.45, 2.75) is 44.3 Å². The minimum Gasteiger partial charge on any atom is -0.399 e. The molecule has 0 saturated carbocycles. The van der Waals surface area contributed by atoms with E-state index >= 15 is 0 Å². The normalized spacial score (nSPS) is 24.3. The Morgan fingerprint density at radius 1 is 1.17 bits per heavy atom. The predicted molar refractivity (Wildman–Crippen MR) is 96.9 cm³/mol. The van der Waals surface area contributed by atoms with Crippen LogP contribution in [0.25, 0.3) is 10.2 Å². The molecule has 2 aliphatic heterocycles. The molecule has 1 aromatic heterocycles. The number of aromatic nitrogens is 1. The van der Waals surface area contributed by atoms with Gasteiger partial charge in [-0.1, -0.05) is 6.07 Å². The van der Waals surface area contributed by atoms with Gasteiger partial charge in [-0.25, -0.2) is 4.98 Å². The van der Waals surface area contributed by atoms with Crippen molar-refractivity contribution in [3.63, 3.8) is 0 Å². The molecule has 1 aromatic carbocycles. The van der Waals surface area contributed by atoms with Crippen LogP contribution in [0.5, 0.6) is 0 Å². The van der Waals surface area contributed by atoms with Crippen LogP contribution in [0, 0.1) is 0 Å². The summed E-state index contributed by atoms with van der Waals surface area (Å²) in [6.45, 7) is 10.1. The van der Waals surface area contributed by atoms with Gasteiger partial charge in [0.2, 0.25) is 0 Å². The number of hydrogen-bond acceptors (Lipinski definition) is 6. The molecular weight excluding hydrogens is 323 g/mol. The highest BCUT2D eigenvalue weighted by atomic mass is 32.1. The van der Waals surface area contributed by atoms with Crippen LogP contribution in [0.3, 0.4) is 0 Å². The molecule has 4 rings (SSSR count). The Morgan fingerprint density at radius 3 is 2.38 bits per heavy atom. The second-order valence-corrected chi connectivity index (χ2v) is 8.84. The van der Waals surface area contributed by atoms with Crippen molar-refractivity contribution in [1.82, 2.24) is 4.98 Å². The number of benzene rings is 1. The summed E-state index contributed by atoms with van der Waals surface area (Å²) in [5.74, 6) is 0. The summed E-state index contributed by atoms with van der Waals surface area (Å²) in [5.41, 5.74) is 7.15. The lowest BCUT2D eigenvalue weighted by atomic mass is 9.79. The van der Waals surface area contributed by atoms with E-state index in [2.05, 4.69) is 45.9 Å². The van der Waals surface area contributed by atoms with E-state index in [-0.39, 0.29) is 23.7 Å².